The van der Waals surface area contributed by atoms with Gasteiger partial charge in [0.2, 0.25) is 5.91 Å². The zero-order valence-corrected chi connectivity index (χ0v) is 16.4. The van der Waals surface area contributed by atoms with Crippen molar-refractivity contribution < 1.29 is 19.1 Å². The van der Waals surface area contributed by atoms with E-state index in [2.05, 4.69) is 10.3 Å². The third-order valence-electron chi connectivity index (χ3n) is 4.61. The summed E-state index contributed by atoms with van der Waals surface area (Å²) in [5.41, 5.74) is 2.64. The highest BCUT2D eigenvalue weighted by Gasteiger charge is 2.35. The Bertz CT molecular complexity index is 1060. The lowest BCUT2D eigenvalue weighted by atomic mass is 9.97. The molecule has 7 nitrogen and oxygen atoms in total. The van der Waals surface area contributed by atoms with Gasteiger partial charge in [0.25, 0.3) is 5.91 Å². The van der Waals surface area contributed by atoms with Crippen LogP contribution in [-0.4, -0.2) is 42.5 Å². The highest BCUT2D eigenvalue weighted by molar-refractivity contribution is 7.22. The Morgan fingerprint density at radius 1 is 1.36 bits per heavy atom. The number of methoxy groups -OCH3 is 1. The van der Waals surface area contributed by atoms with Crippen molar-refractivity contribution in [1.82, 2.24) is 10.3 Å². The number of para-hydroxylation sites is 1. The van der Waals surface area contributed by atoms with Gasteiger partial charge in [0.15, 0.2) is 0 Å². The van der Waals surface area contributed by atoms with Crippen LogP contribution in [0.3, 0.4) is 0 Å². The van der Waals surface area contributed by atoms with E-state index in [1.54, 1.807) is 24.3 Å². The summed E-state index contributed by atoms with van der Waals surface area (Å²) in [6.07, 6.45) is 0.347. The average Bonchev–Trinajstić information content (AvgIpc) is 3.22. The second-order valence-corrected chi connectivity index (χ2v) is 8.09. The topological polar surface area (TPSA) is 91.5 Å². The number of carbonyl (C=O) groups excluding carboxylic acids is 3. The Morgan fingerprint density at radius 2 is 2.14 bits per heavy atom. The number of H-pyrrole nitrogens is 1. The van der Waals surface area contributed by atoms with Crippen LogP contribution >= 0.6 is 22.9 Å². The monoisotopic (exact) mass is 417 g/mol. The van der Waals surface area contributed by atoms with Gasteiger partial charge in [0, 0.05) is 12.1 Å². The van der Waals surface area contributed by atoms with Gasteiger partial charge in [-0.3, -0.25) is 19.3 Å². The molecule has 0 fully saturated rings. The Kier molecular flexibility index (Phi) is 4.82. The Labute approximate surface area is 169 Å². The molecule has 0 saturated heterocycles. The summed E-state index contributed by atoms with van der Waals surface area (Å²) in [7, 11) is 1.27. The number of ether oxygens (including phenoxy) is 1. The van der Waals surface area contributed by atoms with E-state index < -0.39 is 17.9 Å². The fourth-order valence-electron chi connectivity index (χ4n) is 3.28. The normalized spacial score (nSPS) is 16.1. The number of halogens is 1. The molecular formula is C19H16ClN3O4S. The van der Waals surface area contributed by atoms with Crippen molar-refractivity contribution in [2.75, 3.05) is 18.6 Å². The second-order valence-electron chi connectivity index (χ2n) is 6.37. The Balaban J connectivity index is 1.58. The molecule has 1 aromatic carbocycles. The molecule has 0 saturated carbocycles. The summed E-state index contributed by atoms with van der Waals surface area (Å²) in [6.45, 7) is -0.213. The number of nitrogens with zero attached hydrogens (tertiary/aromatic N) is 1. The maximum Gasteiger partial charge on any atom is 0.325 e. The first-order valence-corrected chi connectivity index (χ1v) is 9.70. The molecule has 2 amide bonds. The van der Waals surface area contributed by atoms with Crippen LogP contribution in [0, 0.1) is 0 Å². The van der Waals surface area contributed by atoms with Crippen molar-refractivity contribution >= 4 is 56.6 Å². The molecular weight excluding hydrogens is 402 g/mol. The van der Waals surface area contributed by atoms with E-state index in [1.807, 2.05) is 12.1 Å². The minimum absolute atomic E-state index is 0.213. The molecule has 2 aromatic heterocycles. The van der Waals surface area contributed by atoms with Crippen molar-refractivity contribution in [3.05, 3.63) is 52.0 Å². The van der Waals surface area contributed by atoms with Crippen molar-refractivity contribution in [1.29, 1.82) is 0 Å². The number of esters is 1. The number of benzene rings is 1. The fraction of sp³-hybridized carbons (Fsp3) is 0.211. The SMILES string of the molecule is COC(=O)CN1C(=O)C(NC(=O)c2cc3sc(Cl)cc3[nH]2)Cc2ccccc21. The van der Waals surface area contributed by atoms with Crippen LogP contribution in [0.15, 0.2) is 36.4 Å². The van der Waals surface area contributed by atoms with E-state index in [0.29, 0.717) is 22.1 Å². The van der Waals surface area contributed by atoms with Gasteiger partial charge >= 0.3 is 5.97 Å². The molecule has 4 rings (SSSR count). The zero-order chi connectivity index (χ0) is 19.8. The summed E-state index contributed by atoms with van der Waals surface area (Å²) in [5, 5.41) is 2.77. The van der Waals surface area contributed by atoms with Gasteiger partial charge in [0.1, 0.15) is 18.3 Å². The summed E-state index contributed by atoms with van der Waals surface area (Å²) < 4.78 is 6.20. The van der Waals surface area contributed by atoms with Gasteiger partial charge in [-0.15, -0.1) is 11.3 Å². The molecule has 1 aliphatic rings. The van der Waals surface area contributed by atoms with Crippen molar-refractivity contribution in [3.8, 4) is 0 Å². The Hall–Kier alpha value is -2.84. The van der Waals surface area contributed by atoms with Gasteiger partial charge in [-0.1, -0.05) is 29.8 Å². The Morgan fingerprint density at radius 3 is 2.89 bits per heavy atom. The van der Waals surface area contributed by atoms with E-state index in [1.165, 1.54) is 23.3 Å². The molecule has 1 aliphatic heterocycles. The van der Waals surface area contributed by atoms with E-state index in [-0.39, 0.29) is 12.5 Å². The number of anilines is 1. The maximum absolute atomic E-state index is 13.0. The molecule has 0 bridgehead atoms. The molecule has 1 unspecified atom stereocenters. The van der Waals surface area contributed by atoms with Gasteiger partial charge < -0.3 is 15.0 Å². The minimum atomic E-state index is -0.781. The molecule has 0 aliphatic carbocycles. The number of amides is 2. The quantitative estimate of drug-likeness (QED) is 0.638. The number of thiophene rings is 1. The van der Waals surface area contributed by atoms with E-state index >= 15 is 0 Å². The molecule has 0 radical (unpaired) electrons. The summed E-state index contributed by atoms with van der Waals surface area (Å²) in [5.74, 6) is -1.28. The average molecular weight is 418 g/mol. The summed E-state index contributed by atoms with van der Waals surface area (Å²) >= 11 is 7.32. The minimum Gasteiger partial charge on any atom is -0.468 e. The predicted octanol–water partition coefficient (Wildman–Crippen LogP) is 2.74. The molecule has 0 spiro atoms. The largest absolute Gasteiger partial charge is 0.468 e. The lowest BCUT2D eigenvalue weighted by Gasteiger charge is -2.33. The lowest BCUT2D eigenvalue weighted by molar-refractivity contribution is -0.140. The summed E-state index contributed by atoms with van der Waals surface area (Å²) in [6, 6.07) is 9.97. The number of fused-ring (bicyclic) bond motifs is 2. The van der Waals surface area contributed by atoms with Crippen LogP contribution in [0.5, 0.6) is 0 Å². The molecule has 2 N–H and O–H groups in total. The van der Waals surface area contributed by atoms with Crippen LogP contribution in [0.25, 0.3) is 10.2 Å². The molecule has 3 heterocycles. The molecule has 3 aromatic rings. The van der Waals surface area contributed by atoms with Crippen LogP contribution < -0.4 is 10.2 Å². The highest BCUT2D eigenvalue weighted by atomic mass is 35.5. The second kappa shape index (κ2) is 7.29. The molecule has 28 heavy (non-hydrogen) atoms. The van der Waals surface area contributed by atoms with Crippen molar-refractivity contribution in [2.24, 2.45) is 0 Å². The molecule has 1 atom stereocenters. The number of rotatable bonds is 4. The zero-order valence-electron chi connectivity index (χ0n) is 14.8. The first-order chi connectivity index (χ1) is 13.5. The predicted molar refractivity (Wildman–Crippen MR) is 107 cm³/mol. The third kappa shape index (κ3) is 3.36. The number of aromatic amines is 1. The van der Waals surface area contributed by atoms with Gasteiger partial charge in [-0.05, 0) is 23.8 Å². The van der Waals surface area contributed by atoms with Gasteiger partial charge in [0.05, 0.1) is 21.7 Å². The van der Waals surface area contributed by atoms with Gasteiger partial charge in [-0.25, -0.2) is 0 Å². The number of hydrogen-bond donors (Lipinski definition) is 2. The number of nitrogens with one attached hydrogen (secondary N) is 2. The van der Waals surface area contributed by atoms with E-state index in [9.17, 15) is 14.4 Å². The van der Waals surface area contributed by atoms with Crippen LogP contribution in [0.4, 0.5) is 5.69 Å². The van der Waals surface area contributed by atoms with Crippen LogP contribution in [0.2, 0.25) is 4.34 Å². The van der Waals surface area contributed by atoms with E-state index in [0.717, 1.165) is 15.8 Å². The van der Waals surface area contributed by atoms with Crippen LogP contribution in [0.1, 0.15) is 16.1 Å². The summed E-state index contributed by atoms with van der Waals surface area (Å²) in [4.78, 5) is 41.7. The molecule has 9 heteroatoms. The standard InChI is InChI=1S/C19H16ClN3O4S/c1-27-17(24)9-23-14-5-3-2-4-10(14)6-13(19(23)26)22-18(25)12-7-15-11(21-12)8-16(20)28-15/h2-5,7-8,13,21H,6,9H2,1H3,(H,22,25). The third-order valence-corrected chi connectivity index (χ3v) is 5.82. The van der Waals surface area contributed by atoms with Crippen LogP contribution in [-0.2, 0) is 20.7 Å². The number of hydrogen-bond acceptors (Lipinski definition) is 5. The maximum atomic E-state index is 13.0. The smallest absolute Gasteiger partial charge is 0.325 e. The van der Waals surface area contributed by atoms with E-state index in [4.69, 9.17) is 16.3 Å². The highest BCUT2D eigenvalue weighted by Crippen LogP contribution is 2.30. The first-order valence-electron chi connectivity index (χ1n) is 8.51. The number of aromatic nitrogens is 1. The van der Waals surface area contributed by atoms with Crippen molar-refractivity contribution in [2.45, 2.75) is 12.5 Å². The lowest BCUT2D eigenvalue weighted by Crippen LogP contribution is -2.54. The molecule has 144 valence electrons. The first kappa shape index (κ1) is 18.5. The number of carbonyl (C=O) groups is 3. The van der Waals surface area contributed by atoms with Crippen molar-refractivity contribution in [3.63, 3.8) is 0 Å². The van der Waals surface area contributed by atoms with Gasteiger partial charge in [-0.2, -0.15) is 0 Å². The fourth-order valence-corrected chi connectivity index (χ4v) is 4.42.